The van der Waals surface area contributed by atoms with Gasteiger partial charge in [0, 0.05) is 0 Å². The Bertz CT molecular complexity index is 384. The summed E-state index contributed by atoms with van der Waals surface area (Å²) in [6, 6.07) is 19.0. The zero-order valence-corrected chi connectivity index (χ0v) is 8.27. The first-order valence-electron chi connectivity index (χ1n) is 4.85. The van der Waals surface area contributed by atoms with Crippen molar-refractivity contribution in [1.82, 2.24) is 0 Å². The molecule has 0 saturated heterocycles. The van der Waals surface area contributed by atoms with E-state index in [0.29, 0.717) is 0 Å². The first-order valence-corrected chi connectivity index (χ1v) is 4.85. The molecule has 0 aromatic heterocycles. The minimum atomic E-state index is 1.27. The smallest absolute Gasteiger partial charge is 0.0124 e. The van der Waals surface area contributed by atoms with E-state index in [1.165, 1.54) is 16.7 Å². The lowest BCUT2D eigenvalue weighted by Crippen LogP contribution is -1.79. The number of hydrogen-bond donors (Lipinski definition) is 0. The molecule has 2 rings (SSSR count). The summed E-state index contributed by atoms with van der Waals surface area (Å²) in [5.74, 6) is 0. The molecule has 0 spiro atoms. The lowest BCUT2D eigenvalue weighted by Gasteiger charge is -2.02. The van der Waals surface area contributed by atoms with Gasteiger partial charge < -0.3 is 0 Å². The van der Waals surface area contributed by atoms with Crippen molar-refractivity contribution in [3.05, 3.63) is 66.6 Å². The van der Waals surface area contributed by atoms with Crippen LogP contribution in [0.15, 0.2) is 54.6 Å². The summed E-state index contributed by atoms with van der Waals surface area (Å²) in [4.78, 5) is 0. The third kappa shape index (κ3) is 1.85. The van der Waals surface area contributed by atoms with Gasteiger partial charge in [-0.2, -0.15) is 0 Å². The fourth-order valence-corrected chi connectivity index (χ4v) is 1.50. The molecule has 0 unspecified atom stereocenters. The van der Waals surface area contributed by atoms with E-state index in [-0.39, 0.29) is 0 Å². The van der Waals surface area contributed by atoms with E-state index < -0.39 is 0 Å². The molecule has 0 saturated carbocycles. The Balaban J connectivity index is 2.34. The van der Waals surface area contributed by atoms with E-state index in [2.05, 4.69) is 61.9 Å². The molecular formula is C14H13. The predicted molar refractivity (Wildman–Crippen MR) is 61.0 cm³/mol. The van der Waals surface area contributed by atoms with Crippen LogP contribution in [-0.2, 0) is 0 Å². The normalized spacial score (nSPS) is 10.1. The van der Waals surface area contributed by atoms with Crippen LogP contribution in [0, 0.1) is 6.42 Å². The number of hydrogen-bond acceptors (Lipinski definition) is 0. The highest BCUT2D eigenvalue weighted by Gasteiger charge is 1.95. The van der Waals surface area contributed by atoms with Gasteiger partial charge in [0.1, 0.15) is 0 Å². The lowest BCUT2D eigenvalue weighted by molar-refractivity contribution is 1.42. The largest absolute Gasteiger partial charge is 0.0622 e. The van der Waals surface area contributed by atoms with Crippen molar-refractivity contribution in [2.45, 2.75) is 6.92 Å². The van der Waals surface area contributed by atoms with Crippen molar-refractivity contribution in [1.29, 1.82) is 0 Å². The predicted octanol–water partition coefficient (Wildman–Crippen LogP) is 3.93. The topological polar surface area (TPSA) is 0 Å². The average molecular weight is 181 g/mol. The Morgan fingerprint density at radius 3 is 1.86 bits per heavy atom. The minimum Gasteiger partial charge on any atom is -0.0622 e. The highest BCUT2D eigenvalue weighted by molar-refractivity contribution is 5.63. The van der Waals surface area contributed by atoms with E-state index in [1.54, 1.807) is 0 Å². The zero-order valence-electron chi connectivity index (χ0n) is 8.27. The van der Waals surface area contributed by atoms with Crippen LogP contribution >= 0.6 is 0 Å². The van der Waals surface area contributed by atoms with Crippen LogP contribution in [0.3, 0.4) is 0 Å². The van der Waals surface area contributed by atoms with Crippen LogP contribution in [0.5, 0.6) is 0 Å². The standard InChI is InChI=1S/C14H13/c1-2-12-8-10-14(11-9-12)13-6-4-3-5-7-13/h2-11H,1H3. The lowest BCUT2D eigenvalue weighted by atomic mass is 10.0. The summed E-state index contributed by atoms with van der Waals surface area (Å²) in [5.41, 5.74) is 3.82. The van der Waals surface area contributed by atoms with Crippen molar-refractivity contribution in [3.63, 3.8) is 0 Å². The third-order valence-electron chi connectivity index (χ3n) is 2.35. The summed E-state index contributed by atoms with van der Waals surface area (Å²) < 4.78 is 0. The van der Waals surface area contributed by atoms with Crippen molar-refractivity contribution in [2.75, 3.05) is 0 Å². The molecule has 0 fully saturated rings. The van der Waals surface area contributed by atoms with Gasteiger partial charge in [-0.25, -0.2) is 0 Å². The fraction of sp³-hybridized carbons (Fsp3) is 0.0714. The van der Waals surface area contributed by atoms with Crippen LogP contribution in [0.4, 0.5) is 0 Å². The van der Waals surface area contributed by atoms with Gasteiger partial charge in [0.05, 0.1) is 0 Å². The molecule has 0 amide bonds. The van der Waals surface area contributed by atoms with Gasteiger partial charge >= 0.3 is 0 Å². The molecule has 0 aliphatic heterocycles. The van der Waals surface area contributed by atoms with Crippen LogP contribution in [-0.4, -0.2) is 0 Å². The van der Waals surface area contributed by atoms with Gasteiger partial charge in [0.25, 0.3) is 0 Å². The molecule has 69 valence electrons. The second-order valence-electron chi connectivity index (χ2n) is 3.28. The maximum atomic E-state index is 2.16. The van der Waals surface area contributed by atoms with Gasteiger partial charge in [0.2, 0.25) is 0 Å². The minimum absolute atomic E-state index is 1.27. The average Bonchev–Trinajstić information content (AvgIpc) is 2.30. The Labute approximate surface area is 85.2 Å². The summed E-state index contributed by atoms with van der Waals surface area (Å²) >= 11 is 0. The van der Waals surface area contributed by atoms with Crippen molar-refractivity contribution < 1.29 is 0 Å². The number of rotatable bonds is 2. The van der Waals surface area contributed by atoms with Crippen molar-refractivity contribution in [2.24, 2.45) is 0 Å². The Kier molecular flexibility index (Phi) is 2.64. The van der Waals surface area contributed by atoms with Crippen LogP contribution in [0.25, 0.3) is 11.1 Å². The molecule has 0 heterocycles. The molecule has 2 aromatic rings. The second kappa shape index (κ2) is 4.10. The maximum Gasteiger partial charge on any atom is -0.0124 e. The number of benzene rings is 2. The molecule has 0 aliphatic carbocycles. The van der Waals surface area contributed by atoms with Crippen molar-refractivity contribution >= 4 is 0 Å². The quantitative estimate of drug-likeness (QED) is 0.658. The zero-order chi connectivity index (χ0) is 9.80. The first kappa shape index (κ1) is 9.01. The van der Waals surface area contributed by atoms with Crippen LogP contribution < -0.4 is 0 Å². The molecule has 0 bridgehead atoms. The Morgan fingerprint density at radius 1 is 0.714 bits per heavy atom. The molecule has 14 heavy (non-hydrogen) atoms. The molecule has 0 aliphatic rings. The molecule has 0 heteroatoms. The van der Waals surface area contributed by atoms with E-state index in [0.717, 1.165) is 0 Å². The van der Waals surface area contributed by atoms with Gasteiger partial charge in [-0.05, 0) is 23.1 Å². The SMILES string of the molecule is C[CH]c1ccc(-c2ccccc2)cc1. The highest BCUT2D eigenvalue weighted by Crippen LogP contribution is 2.19. The molecule has 0 N–H and O–H groups in total. The van der Waals surface area contributed by atoms with E-state index in [1.807, 2.05) is 6.07 Å². The summed E-state index contributed by atoms with van der Waals surface area (Å²) in [6.45, 7) is 2.05. The van der Waals surface area contributed by atoms with E-state index in [4.69, 9.17) is 0 Å². The van der Waals surface area contributed by atoms with E-state index >= 15 is 0 Å². The van der Waals surface area contributed by atoms with Gasteiger partial charge in [-0.3, -0.25) is 0 Å². The Morgan fingerprint density at radius 2 is 1.29 bits per heavy atom. The van der Waals surface area contributed by atoms with Crippen molar-refractivity contribution in [3.8, 4) is 11.1 Å². The molecule has 0 nitrogen and oxygen atoms in total. The molecular weight excluding hydrogens is 168 g/mol. The summed E-state index contributed by atoms with van der Waals surface area (Å²) in [7, 11) is 0. The molecule has 1 radical (unpaired) electrons. The third-order valence-corrected chi connectivity index (χ3v) is 2.35. The molecule has 2 aromatic carbocycles. The Hall–Kier alpha value is -1.56. The van der Waals surface area contributed by atoms with Gasteiger partial charge in [0.15, 0.2) is 0 Å². The highest BCUT2D eigenvalue weighted by atomic mass is 14.0. The molecule has 0 atom stereocenters. The summed E-state index contributed by atoms with van der Waals surface area (Å²) in [6.07, 6.45) is 2.11. The monoisotopic (exact) mass is 181 g/mol. The summed E-state index contributed by atoms with van der Waals surface area (Å²) in [5, 5.41) is 0. The van der Waals surface area contributed by atoms with E-state index in [9.17, 15) is 0 Å². The van der Waals surface area contributed by atoms with Gasteiger partial charge in [-0.1, -0.05) is 61.5 Å². The van der Waals surface area contributed by atoms with Crippen LogP contribution in [0.2, 0.25) is 0 Å². The van der Waals surface area contributed by atoms with Gasteiger partial charge in [-0.15, -0.1) is 0 Å². The van der Waals surface area contributed by atoms with Crippen LogP contribution in [0.1, 0.15) is 12.5 Å². The fourth-order valence-electron chi connectivity index (χ4n) is 1.50. The maximum absolute atomic E-state index is 2.16. The second-order valence-corrected chi connectivity index (χ2v) is 3.28. The first-order chi connectivity index (χ1) is 6.90.